The molecule has 0 saturated carbocycles. The molecule has 0 N–H and O–H groups in total. The van der Waals surface area contributed by atoms with Gasteiger partial charge in [-0.25, -0.2) is 4.68 Å². The van der Waals surface area contributed by atoms with Gasteiger partial charge in [0, 0.05) is 29.5 Å². The van der Waals surface area contributed by atoms with Crippen LogP contribution in [0.3, 0.4) is 0 Å². The maximum atomic E-state index is 5.57. The molecule has 114 valence electrons. The van der Waals surface area contributed by atoms with Crippen LogP contribution in [0.4, 0.5) is 0 Å². The summed E-state index contributed by atoms with van der Waals surface area (Å²) in [5, 5.41) is 4.92. The molecule has 4 heteroatoms. The number of ether oxygens (including phenoxy) is 1. The third-order valence-corrected chi connectivity index (χ3v) is 4.24. The van der Waals surface area contributed by atoms with Crippen LogP contribution < -0.4 is 0 Å². The topological polar surface area (TPSA) is 32.0 Å². The molecule has 2 aromatic rings. The minimum Gasteiger partial charge on any atom is -0.379 e. The van der Waals surface area contributed by atoms with Crippen LogP contribution in [0.15, 0.2) is 18.2 Å². The van der Waals surface area contributed by atoms with Crippen molar-refractivity contribution in [2.75, 3.05) is 13.2 Å². The molecule has 4 nitrogen and oxygen atoms in total. The van der Waals surface area contributed by atoms with Gasteiger partial charge in [-0.3, -0.25) is 0 Å². The first-order chi connectivity index (χ1) is 9.88. The minimum absolute atomic E-state index is 0.0500. The molecule has 1 atom stereocenters. The van der Waals surface area contributed by atoms with Crippen molar-refractivity contribution >= 4 is 0 Å². The number of aromatic nitrogens is 3. The fourth-order valence-electron chi connectivity index (χ4n) is 2.93. The molecular weight excluding hydrogens is 262 g/mol. The highest BCUT2D eigenvalue weighted by Gasteiger charge is 2.27. The lowest BCUT2D eigenvalue weighted by Gasteiger charge is -2.16. The van der Waals surface area contributed by atoms with Gasteiger partial charge in [0.2, 0.25) is 0 Å². The molecule has 0 bridgehead atoms. The lowest BCUT2D eigenvalue weighted by atomic mass is 9.92. The first-order valence-corrected chi connectivity index (χ1v) is 7.71. The molecule has 0 aromatic carbocycles. The van der Waals surface area contributed by atoms with Gasteiger partial charge < -0.3 is 9.30 Å². The number of aryl methyl sites for hydroxylation is 2. The lowest BCUT2D eigenvalue weighted by molar-refractivity contribution is 0.184. The Morgan fingerprint density at radius 2 is 1.86 bits per heavy atom. The van der Waals surface area contributed by atoms with Crippen LogP contribution in [0.5, 0.6) is 0 Å². The predicted molar refractivity (Wildman–Crippen MR) is 84.2 cm³/mol. The molecule has 0 radical (unpaired) electrons. The van der Waals surface area contributed by atoms with Gasteiger partial charge in [-0.05, 0) is 32.4 Å². The van der Waals surface area contributed by atoms with Crippen LogP contribution in [-0.4, -0.2) is 27.6 Å². The van der Waals surface area contributed by atoms with Crippen molar-refractivity contribution in [1.82, 2.24) is 14.3 Å². The van der Waals surface area contributed by atoms with Gasteiger partial charge in [-0.2, -0.15) is 5.10 Å². The summed E-state index contributed by atoms with van der Waals surface area (Å²) in [6, 6.07) is 6.90. The van der Waals surface area contributed by atoms with Gasteiger partial charge >= 0.3 is 0 Å². The molecule has 3 rings (SSSR count). The molecule has 1 aliphatic rings. The Bertz CT molecular complexity index is 620. The zero-order valence-corrected chi connectivity index (χ0v) is 13.7. The predicted octanol–water partition coefficient (Wildman–Crippen LogP) is 3.55. The average Bonchev–Trinajstić information content (AvgIpc) is 3.07. The van der Waals surface area contributed by atoms with E-state index in [2.05, 4.69) is 62.1 Å². The Balaban J connectivity index is 2.15. The zero-order valence-electron chi connectivity index (χ0n) is 13.7. The maximum absolute atomic E-state index is 5.57. The molecule has 1 aliphatic heterocycles. The molecule has 0 amide bonds. The van der Waals surface area contributed by atoms with Crippen molar-refractivity contribution in [3.8, 4) is 5.82 Å². The van der Waals surface area contributed by atoms with Gasteiger partial charge in [0.1, 0.15) is 5.82 Å². The molecule has 1 saturated heterocycles. The highest BCUT2D eigenvalue weighted by Crippen LogP contribution is 2.29. The molecule has 1 fully saturated rings. The summed E-state index contributed by atoms with van der Waals surface area (Å²) >= 11 is 0. The van der Waals surface area contributed by atoms with Crippen LogP contribution in [0.1, 0.15) is 50.3 Å². The van der Waals surface area contributed by atoms with Crippen LogP contribution in [-0.2, 0) is 10.2 Å². The Hall–Kier alpha value is -1.55. The van der Waals surface area contributed by atoms with E-state index in [0.29, 0.717) is 6.04 Å². The maximum Gasteiger partial charge on any atom is 0.136 e. The van der Waals surface area contributed by atoms with Crippen molar-refractivity contribution in [1.29, 1.82) is 0 Å². The second-order valence-electron chi connectivity index (χ2n) is 7.05. The summed E-state index contributed by atoms with van der Waals surface area (Å²) < 4.78 is 10.0. The van der Waals surface area contributed by atoms with Crippen molar-refractivity contribution in [3.05, 3.63) is 35.3 Å². The van der Waals surface area contributed by atoms with E-state index in [-0.39, 0.29) is 5.41 Å². The molecule has 21 heavy (non-hydrogen) atoms. The molecule has 3 heterocycles. The van der Waals surface area contributed by atoms with Crippen LogP contribution in [0, 0.1) is 13.8 Å². The van der Waals surface area contributed by atoms with E-state index in [1.807, 2.05) is 0 Å². The minimum atomic E-state index is 0.0500. The lowest BCUT2D eigenvalue weighted by Crippen LogP contribution is -2.17. The summed E-state index contributed by atoms with van der Waals surface area (Å²) in [5.74, 6) is 1.16. The number of hydrogen-bond acceptors (Lipinski definition) is 2. The first-order valence-electron chi connectivity index (χ1n) is 7.71. The van der Waals surface area contributed by atoms with Crippen molar-refractivity contribution in [2.24, 2.45) is 0 Å². The fraction of sp³-hybridized carbons (Fsp3) is 0.588. The third kappa shape index (κ3) is 2.53. The van der Waals surface area contributed by atoms with Crippen LogP contribution >= 0.6 is 0 Å². The quantitative estimate of drug-likeness (QED) is 0.846. The van der Waals surface area contributed by atoms with Crippen molar-refractivity contribution in [2.45, 2.75) is 52.5 Å². The molecule has 0 spiro atoms. The largest absolute Gasteiger partial charge is 0.379 e. The Labute approximate surface area is 126 Å². The summed E-state index contributed by atoms with van der Waals surface area (Å²) in [7, 11) is 0. The summed E-state index contributed by atoms with van der Waals surface area (Å²) in [5.41, 5.74) is 3.67. The standard InChI is InChI=1S/C17H25N3O/c1-12-6-7-13(2)19(12)16-10-15(17(3,4)5)18-20(16)14-8-9-21-11-14/h6-7,10,14H,8-9,11H2,1-5H3. The Kier molecular flexibility index (Phi) is 3.44. The van der Waals surface area contributed by atoms with E-state index in [4.69, 9.17) is 9.84 Å². The highest BCUT2D eigenvalue weighted by molar-refractivity contribution is 5.36. The van der Waals surface area contributed by atoms with E-state index in [0.717, 1.165) is 31.1 Å². The SMILES string of the molecule is Cc1ccc(C)n1-c1cc(C(C)(C)C)nn1C1CCOC1. The first kappa shape index (κ1) is 14.4. The van der Waals surface area contributed by atoms with E-state index < -0.39 is 0 Å². The number of rotatable bonds is 2. The van der Waals surface area contributed by atoms with E-state index in [1.165, 1.54) is 11.4 Å². The van der Waals surface area contributed by atoms with Crippen molar-refractivity contribution in [3.63, 3.8) is 0 Å². The zero-order chi connectivity index (χ0) is 15.2. The monoisotopic (exact) mass is 287 g/mol. The van der Waals surface area contributed by atoms with Gasteiger partial charge in [-0.15, -0.1) is 0 Å². The number of nitrogens with zero attached hydrogens (tertiary/aromatic N) is 3. The second kappa shape index (κ2) is 5.02. The van der Waals surface area contributed by atoms with E-state index in [9.17, 15) is 0 Å². The molecule has 2 aromatic heterocycles. The fourth-order valence-corrected chi connectivity index (χ4v) is 2.93. The van der Waals surface area contributed by atoms with Crippen molar-refractivity contribution < 1.29 is 4.74 Å². The smallest absolute Gasteiger partial charge is 0.136 e. The van der Waals surface area contributed by atoms with Gasteiger partial charge in [0.25, 0.3) is 0 Å². The molecule has 1 unspecified atom stereocenters. The van der Waals surface area contributed by atoms with Gasteiger partial charge in [-0.1, -0.05) is 20.8 Å². The number of hydrogen-bond donors (Lipinski definition) is 0. The van der Waals surface area contributed by atoms with Gasteiger partial charge in [0.15, 0.2) is 0 Å². The Morgan fingerprint density at radius 1 is 1.19 bits per heavy atom. The van der Waals surface area contributed by atoms with E-state index >= 15 is 0 Å². The summed E-state index contributed by atoms with van der Waals surface area (Å²) in [6.07, 6.45) is 1.04. The molecule has 0 aliphatic carbocycles. The summed E-state index contributed by atoms with van der Waals surface area (Å²) in [4.78, 5) is 0. The molecular formula is C17H25N3O. The normalized spacial score (nSPS) is 19.4. The van der Waals surface area contributed by atoms with Crippen LogP contribution in [0.2, 0.25) is 0 Å². The van der Waals surface area contributed by atoms with Crippen LogP contribution in [0.25, 0.3) is 5.82 Å². The third-order valence-electron chi connectivity index (χ3n) is 4.24. The van der Waals surface area contributed by atoms with E-state index in [1.54, 1.807) is 0 Å². The average molecular weight is 287 g/mol. The van der Waals surface area contributed by atoms with Gasteiger partial charge in [0.05, 0.1) is 18.3 Å². The second-order valence-corrected chi connectivity index (χ2v) is 7.05. The highest BCUT2D eigenvalue weighted by atomic mass is 16.5. The Morgan fingerprint density at radius 3 is 2.38 bits per heavy atom. The summed E-state index contributed by atoms with van der Waals surface area (Å²) in [6.45, 7) is 12.5.